The Balaban J connectivity index is 2.19. The van der Waals surface area contributed by atoms with Gasteiger partial charge in [-0.15, -0.1) is 0 Å². The molecule has 0 fully saturated rings. The molecule has 2 rings (SSSR count). The van der Waals surface area contributed by atoms with E-state index in [1.165, 1.54) is 36.8 Å². The molecule has 17 heavy (non-hydrogen) atoms. The maximum absolute atomic E-state index is 2.42. The van der Waals surface area contributed by atoms with Gasteiger partial charge in [0, 0.05) is 0 Å². The van der Waals surface area contributed by atoms with Gasteiger partial charge in [0.25, 0.3) is 0 Å². The number of hydrogen-bond acceptors (Lipinski definition) is 0. The molecular formula is C16H22Ru. The molecule has 0 unspecified atom stereocenters. The summed E-state index contributed by atoms with van der Waals surface area (Å²) >= 11 is 0.324. The Kier molecular flexibility index (Phi) is 4.20. The standard InChI is InChI=1S/2C8H11.Ru/c2*1-3-8-6-4-5-7(8)2;/h2*5H,3-4H2,1-2H3;. The topological polar surface area (TPSA) is 0 Å². The van der Waals surface area contributed by atoms with Gasteiger partial charge in [0.2, 0.25) is 0 Å². The van der Waals surface area contributed by atoms with Crippen molar-refractivity contribution >= 4 is 0 Å². The van der Waals surface area contributed by atoms with Crippen LogP contribution in [0.5, 0.6) is 0 Å². The Hall–Kier alpha value is -0.417. The van der Waals surface area contributed by atoms with Crippen molar-refractivity contribution in [3.05, 3.63) is 42.8 Å². The molecule has 0 spiro atoms. The molecular weight excluding hydrogens is 293 g/mol. The fourth-order valence-electron chi connectivity index (χ4n) is 2.63. The van der Waals surface area contributed by atoms with Crippen LogP contribution in [0.3, 0.4) is 0 Å². The van der Waals surface area contributed by atoms with E-state index in [9.17, 15) is 0 Å². The molecule has 0 aliphatic heterocycles. The van der Waals surface area contributed by atoms with Gasteiger partial charge in [-0.05, 0) is 0 Å². The third kappa shape index (κ3) is 2.55. The maximum atomic E-state index is 2.42. The van der Waals surface area contributed by atoms with Crippen LogP contribution in [0.25, 0.3) is 0 Å². The molecule has 0 atom stereocenters. The molecule has 0 radical (unpaired) electrons. The third-order valence-electron chi connectivity index (χ3n) is 3.68. The normalized spacial score (nSPS) is 20.5. The molecule has 0 saturated heterocycles. The summed E-state index contributed by atoms with van der Waals surface area (Å²) in [4.78, 5) is 0. The zero-order valence-corrected chi connectivity index (χ0v) is 13.1. The molecule has 0 aromatic rings. The zero-order chi connectivity index (χ0) is 12.4. The van der Waals surface area contributed by atoms with E-state index in [-0.39, 0.29) is 0 Å². The van der Waals surface area contributed by atoms with Gasteiger partial charge in [-0.3, -0.25) is 0 Å². The summed E-state index contributed by atoms with van der Waals surface area (Å²) in [5, 5.41) is 0. The molecule has 94 valence electrons. The quantitative estimate of drug-likeness (QED) is 0.633. The van der Waals surface area contributed by atoms with E-state index in [0.29, 0.717) is 17.1 Å². The van der Waals surface area contributed by atoms with E-state index in [0.717, 1.165) is 0 Å². The molecule has 2 aliphatic rings. The van der Waals surface area contributed by atoms with Crippen molar-refractivity contribution in [3.63, 3.8) is 0 Å². The van der Waals surface area contributed by atoms with E-state index < -0.39 is 0 Å². The van der Waals surface area contributed by atoms with Crippen LogP contribution in [0.4, 0.5) is 0 Å². The van der Waals surface area contributed by atoms with Crippen molar-refractivity contribution in [1.29, 1.82) is 0 Å². The summed E-state index contributed by atoms with van der Waals surface area (Å²) in [6.07, 6.45) is 9.73. The Morgan fingerprint density at radius 3 is 1.65 bits per heavy atom. The van der Waals surface area contributed by atoms with Crippen LogP contribution in [0, 0.1) is 0 Å². The van der Waals surface area contributed by atoms with E-state index in [2.05, 4.69) is 39.8 Å². The van der Waals surface area contributed by atoms with Crippen LogP contribution in [0.2, 0.25) is 0 Å². The van der Waals surface area contributed by atoms with Gasteiger partial charge in [0.15, 0.2) is 0 Å². The van der Waals surface area contributed by atoms with Gasteiger partial charge in [-0.25, -0.2) is 0 Å². The molecule has 0 bridgehead atoms. The molecule has 0 aromatic carbocycles. The predicted octanol–water partition coefficient (Wildman–Crippen LogP) is 5.10. The van der Waals surface area contributed by atoms with Crippen molar-refractivity contribution in [2.45, 2.75) is 53.4 Å². The van der Waals surface area contributed by atoms with Crippen molar-refractivity contribution in [1.82, 2.24) is 0 Å². The summed E-state index contributed by atoms with van der Waals surface area (Å²) in [7, 11) is 0. The first kappa shape index (κ1) is 13.0. The summed E-state index contributed by atoms with van der Waals surface area (Å²) in [6.45, 7) is 9.15. The fraction of sp³-hybridized carbons (Fsp3) is 0.500. The molecule has 0 heterocycles. The summed E-state index contributed by atoms with van der Waals surface area (Å²) < 4.78 is 3.53. The van der Waals surface area contributed by atoms with Crippen LogP contribution in [-0.2, 0) is 17.1 Å². The van der Waals surface area contributed by atoms with Crippen LogP contribution in [-0.4, -0.2) is 0 Å². The van der Waals surface area contributed by atoms with Crippen molar-refractivity contribution < 1.29 is 17.1 Å². The molecule has 2 aliphatic carbocycles. The zero-order valence-electron chi connectivity index (χ0n) is 11.3. The SMILES string of the molecule is CCC1=[C]([Ru][C]2=C(CC)C(C)=CC2)CC=C1C. The Labute approximate surface area is 113 Å². The van der Waals surface area contributed by atoms with Crippen LogP contribution in [0.15, 0.2) is 42.8 Å². The Morgan fingerprint density at radius 1 is 0.882 bits per heavy atom. The van der Waals surface area contributed by atoms with E-state index in [4.69, 9.17) is 0 Å². The molecule has 0 nitrogen and oxygen atoms in total. The second-order valence-electron chi connectivity index (χ2n) is 4.72. The molecule has 0 aromatic heterocycles. The molecule has 1 heteroatoms. The van der Waals surface area contributed by atoms with E-state index >= 15 is 0 Å². The van der Waals surface area contributed by atoms with E-state index in [1.54, 1.807) is 19.5 Å². The first-order valence-electron chi connectivity index (χ1n) is 6.58. The minimum atomic E-state index is 0.324. The second-order valence-corrected chi connectivity index (χ2v) is 7.25. The van der Waals surface area contributed by atoms with Crippen molar-refractivity contribution in [2.24, 2.45) is 0 Å². The summed E-state index contributed by atoms with van der Waals surface area (Å²) in [6, 6.07) is 0. The second kappa shape index (κ2) is 5.48. The molecule has 0 amide bonds. The minimum absolute atomic E-state index is 0.324. The predicted molar refractivity (Wildman–Crippen MR) is 71.4 cm³/mol. The number of allylic oxidation sites excluding steroid dienone is 8. The van der Waals surface area contributed by atoms with Crippen molar-refractivity contribution in [3.8, 4) is 0 Å². The fourth-order valence-corrected chi connectivity index (χ4v) is 5.80. The van der Waals surface area contributed by atoms with Crippen LogP contribution >= 0.6 is 0 Å². The van der Waals surface area contributed by atoms with Gasteiger partial charge in [-0.2, -0.15) is 0 Å². The van der Waals surface area contributed by atoms with Gasteiger partial charge in [0.05, 0.1) is 0 Å². The summed E-state index contributed by atoms with van der Waals surface area (Å²) in [5.41, 5.74) is 6.41. The van der Waals surface area contributed by atoms with Gasteiger partial charge in [-0.1, -0.05) is 0 Å². The van der Waals surface area contributed by atoms with Crippen LogP contribution < -0.4 is 0 Å². The molecule has 0 saturated carbocycles. The number of rotatable bonds is 4. The first-order chi connectivity index (χ1) is 8.17. The van der Waals surface area contributed by atoms with Gasteiger partial charge in [0.1, 0.15) is 0 Å². The average Bonchev–Trinajstić information content (AvgIpc) is 2.83. The summed E-state index contributed by atoms with van der Waals surface area (Å²) in [5.74, 6) is 0. The Morgan fingerprint density at radius 2 is 1.29 bits per heavy atom. The van der Waals surface area contributed by atoms with Crippen LogP contribution in [0.1, 0.15) is 53.4 Å². The van der Waals surface area contributed by atoms with Gasteiger partial charge >= 0.3 is 113 Å². The van der Waals surface area contributed by atoms with Crippen molar-refractivity contribution in [2.75, 3.05) is 0 Å². The molecule has 0 N–H and O–H groups in total. The van der Waals surface area contributed by atoms with E-state index in [1.807, 2.05) is 0 Å². The average molecular weight is 315 g/mol. The Bertz CT molecular complexity index is 402. The monoisotopic (exact) mass is 316 g/mol. The first-order valence-corrected chi connectivity index (χ1v) is 8.31. The third-order valence-corrected chi connectivity index (χ3v) is 6.49. The van der Waals surface area contributed by atoms with Gasteiger partial charge < -0.3 is 0 Å². The number of hydrogen-bond donors (Lipinski definition) is 0.